The van der Waals surface area contributed by atoms with E-state index in [4.69, 9.17) is 0 Å². The Morgan fingerprint density at radius 2 is 2.14 bits per heavy atom. The highest BCUT2D eigenvalue weighted by atomic mass is 32.1. The summed E-state index contributed by atoms with van der Waals surface area (Å²) in [5.74, 6) is -2.14. The van der Waals surface area contributed by atoms with Crippen molar-refractivity contribution in [1.82, 2.24) is 4.98 Å². The number of hydrogen-bond acceptors (Lipinski definition) is 6. The van der Waals surface area contributed by atoms with Gasteiger partial charge in [0.05, 0.1) is 0 Å². The second-order valence-corrected chi connectivity index (χ2v) is 5.41. The van der Waals surface area contributed by atoms with Crippen LogP contribution < -0.4 is 10.1 Å². The standard InChI is InChI=1S/C12H9F3N2O3S2/c1-5-6(10(19)17-11-16-8(21)4-22-11)2-3-7(9(5)18)20-12(13,14)15/h2-4,18,21H,1H3,(H,16,17,19). The molecule has 0 saturated heterocycles. The Morgan fingerprint density at radius 1 is 1.45 bits per heavy atom. The number of thiol groups is 1. The molecule has 2 aromatic rings. The Bertz CT molecular complexity index is 716. The second kappa shape index (κ2) is 6.05. The fraction of sp³-hybridized carbons (Fsp3) is 0.167. The summed E-state index contributed by atoms with van der Waals surface area (Å²) in [6.07, 6.45) is -4.93. The van der Waals surface area contributed by atoms with Gasteiger partial charge in [-0.25, -0.2) is 4.98 Å². The number of phenolic OH excluding ortho intramolecular Hbond substituents is 1. The number of anilines is 1. The van der Waals surface area contributed by atoms with Crippen LogP contribution in [-0.2, 0) is 0 Å². The van der Waals surface area contributed by atoms with E-state index >= 15 is 0 Å². The summed E-state index contributed by atoms with van der Waals surface area (Å²) < 4.78 is 40.2. The predicted molar refractivity (Wildman–Crippen MR) is 76.8 cm³/mol. The number of amides is 1. The number of nitrogens with one attached hydrogen (secondary N) is 1. The van der Waals surface area contributed by atoms with E-state index < -0.39 is 23.8 Å². The average molecular weight is 350 g/mol. The molecule has 22 heavy (non-hydrogen) atoms. The van der Waals surface area contributed by atoms with Crippen molar-refractivity contribution in [3.8, 4) is 11.5 Å². The van der Waals surface area contributed by atoms with Gasteiger partial charge in [0.25, 0.3) is 5.91 Å². The number of carbonyl (C=O) groups excluding carboxylic acids is 1. The maximum absolute atomic E-state index is 12.2. The number of carbonyl (C=O) groups is 1. The zero-order valence-electron chi connectivity index (χ0n) is 10.9. The molecule has 0 aliphatic carbocycles. The number of alkyl halides is 3. The third kappa shape index (κ3) is 3.83. The fourth-order valence-electron chi connectivity index (χ4n) is 1.62. The number of thiazole rings is 1. The molecule has 0 fully saturated rings. The molecule has 1 amide bonds. The normalized spacial score (nSPS) is 11.3. The molecule has 0 aliphatic heterocycles. The van der Waals surface area contributed by atoms with Crippen molar-refractivity contribution < 1.29 is 27.8 Å². The van der Waals surface area contributed by atoms with E-state index in [1.807, 2.05) is 0 Å². The van der Waals surface area contributed by atoms with E-state index in [0.29, 0.717) is 5.03 Å². The first-order valence-corrected chi connectivity index (χ1v) is 7.04. The highest BCUT2D eigenvalue weighted by Gasteiger charge is 2.33. The summed E-state index contributed by atoms with van der Waals surface area (Å²) in [7, 11) is 0. The Labute approximate surface area is 132 Å². The SMILES string of the molecule is Cc1c(C(=O)Nc2nc(S)cs2)ccc(OC(F)(F)F)c1O. The van der Waals surface area contributed by atoms with Crippen molar-refractivity contribution in [2.75, 3.05) is 5.32 Å². The van der Waals surface area contributed by atoms with Crippen molar-refractivity contribution >= 4 is 35.0 Å². The molecule has 0 spiro atoms. The number of hydrogen-bond donors (Lipinski definition) is 3. The quantitative estimate of drug-likeness (QED) is 0.740. The van der Waals surface area contributed by atoms with E-state index in [-0.39, 0.29) is 16.3 Å². The maximum Gasteiger partial charge on any atom is 0.573 e. The van der Waals surface area contributed by atoms with Gasteiger partial charge in [0.15, 0.2) is 16.6 Å². The van der Waals surface area contributed by atoms with Crippen molar-refractivity contribution in [1.29, 1.82) is 0 Å². The van der Waals surface area contributed by atoms with Crippen LogP contribution >= 0.6 is 24.0 Å². The van der Waals surface area contributed by atoms with Crippen molar-refractivity contribution in [2.24, 2.45) is 0 Å². The molecule has 0 atom stereocenters. The Balaban J connectivity index is 2.25. The Kier molecular flexibility index (Phi) is 4.52. The summed E-state index contributed by atoms with van der Waals surface area (Å²) in [6, 6.07) is 2.00. The lowest BCUT2D eigenvalue weighted by molar-refractivity contribution is -0.275. The van der Waals surface area contributed by atoms with E-state index in [9.17, 15) is 23.1 Å². The molecule has 118 valence electrons. The number of rotatable bonds is 3. The zero-order valence-corrected chi connectivity index (χ0v) is 12.6. The molecule has 1 heterocycles. The van der Waals surface area contributed by atoms with Crippen molar-refractivity contribution in [3.05, 3.63) is 28.6 Å². The smallest absolute Gasteiger partial charge is 0.504 e. The van der Waals surface area contributed by atoms with E-state index in [1.165, 1.54) is 6.92 Å². The molecule has 5 nitrogen and oxygen atoms in total. The van der Waals surface area contributed by atoms with Gasteiger partial charge in [0.1, 0.15) is 5.03 Å². The zero-order chi connectivity index (χ0) is 16.5. The lowest BCUT2D eigenvalue weighted by Gasteiger charge is -2.13. The van der Waals surface area contributed by atoms with Gasteiger partial charge in [-0.15, -0.1) is 37.1 Å². The number of ether oxygens (including phenoxy) is 1. The number of aromatic nitrogens is 1. The highest BCUT2D eigenvalue weighted by molar-refractivity contribution is 7.80. The van der Waals surface area contributed by atoms with Gasteiger partial charge < -0.3 is 9.84 Å². The van der Waals surface area contributed by atoms with Crippen LogP contribution in [0.5, 0.6) is 11.5 Å². The van der Waals surface area contributed by atoms with Gasteiger partial charge in [-0.1, -0.05) is 0 Å². The monoisotopic (exact) mass is 350 g/mol. The average Bonchev–Trinajstić information content (AvgIpc) is 2.79. The minimum Gasteiger partial charge on any atom is -0.504 e. The first kappa shape index (κ1) is 16.4. The first-order valence-electron chi connectivity index (χ1n) is 5.71. The van der Waals surface area contributed by atoms with Crippen LogP contribution in [0.4, 0.5) is 18.3 Å². The third-order valence-electron chi connectivity index (χ3n) is 2.58. The third-order valence-corrected chi connectivity index (χ3v) is 3.74. The molecule has 0 aliphatic rings. The molecule has 0 radical (unpaired) electrons. The topological polar surface area (TPSA) is 71.5 Å². The number of benzene rings is 1. The number of phenols is 1. The van der Waals surface area contributed by atoms with Crippen LogP contribution in [0.2, 0.25) is 0 Å². The van der Waals surface area contributed by atoms with Gasteiger partial charge in [-0.05, 0) is 19.1 Å². The van der Waals surface area contributed by atoms with Crippen LogP contribution in [0, 0.1) is 6.92 Å². The lowest BCUT2D eigenvalue weighted by Crippen LogP contribution is -2.18. The van der Waals surface area contributed by atoms with Crippen molar-refractivity contribution in [2.45, 2.75) is 18.3 Å². The Hall–Kier alpha value is -1.94. The Morgan fingerprint density at radius 3 is 2.68 bits per heavy atom. The summed E-state index contributed by atoms with van der Waals surface area (Å²) in [4.78, 5) is 16.0. The molecule has 0 bridgehead atoms. The number of aromatic hydroxyl groups is 1. The highest BCUT2D eigenvalue weighted by Crippen LogP contribution is 2.35. The molecule has 0 unspecified atom stereocenters. The van der Waals surface area contributed by atoms with Crippen LogP contribution in [0.15, 0.2) is 22.5 Å². The maximum atomic E-state index is 12.2. The number of halogens is 3. The number of nitrogens with zero attached hydrogens (tertiary/aromatic N) is 1. The van der Waals surface area contributed by atoms with Crippen LogP contribution in [0.25, 0.3) is 0 Å². The second-order valence-electron chi connectivity index (χ2n) is 4.10. The van der Waals surface area contributed by atoms with Gasteiger partial charge >= 0.3 is 6.36 Å². The molecule has 2 rings (SSSR count). The summed E-state index contributed by atoms with van der Waals surface area (Å²) in [5.41, 5.74) is -0.0372. The van der Waals surface area contributed by atoms with Gasteiger partial charge in [-0.2, -0.15) is 0 Å². The summed E-state index contributed by atoms with van der Waals surface area (Å²) >= 11 is 5.13. The van der Waals surface area contributed by atoms with E-state index in [1.54, 1.807) is 5.38 Å². The first-order chi connectivity index (χ1) is 10.2. The lowest BCUT2D eigenvalue weighted by atomic mass is 10.1. The molecule has 1 aromatic carbocycles. The van der Waals surface area contributed by atoms with Gasteiger partial charge in [0, 0.05) is 16.5 Å². The summed E-state index contributed by atoms with van der Waals surface area (Å²) in [5, 5.41) is 14.5. The van der Waals surface area contributed by atoms with Crippen LogP contribution in [0.1, 0.15) is 15.9 Å². The van der Waals surface area contributed by atoms with Gasteiger partial charge in [0.2, 0.25) is 0 Å². The van der Waals surface area contributed by atoms with Crippen LogP contribution in [0.3, 0.4) is 0 Å². The molecule has 0 saturated carbocycles. The van der Waals surface area contributed by atoms with Gasteiger partial charge in [-0.3, -0.25) is 10.1 Å². The predicted octanol–water partition coefficient (Wildman–Crippen LogP) is 3.60. The van der Waals surface area contributed by atoms with E-state index in [2.05, 4.69) is 27.7 Å². The molecular weight excluding hydrogens is 341 g/mol. The molecule has 1 aromatic heterocycles. The minimum atomic E-state index is -4.93. The molecular formula is C12H9F3N2O3S2. The van der Waals surface area contributed by atoms with E-state index in [0.717, 1.165) is 23.5 Å². The molecule has 2 N–H and O–H groups in total. The fourth-order valence-corrected chi connectivity index (χ4v) is 2.51. The largest absolute Gasteiger partial charge is 0.573 e. The minimum absolute atomic E-state index is 0.00272. The summed E-state index contributed by atoms with van der Waals surface area (Å²) in [6.45, 7) is 1.30. The van der Waals surface area contributed by atoms with Crippen molar-refractivity contribution in [3.63, 3.8) is 0 Å². The van der Waals surface area contributed by atoms with Crippen LogP contribution in [-0.4, -0.2) is 22.4 Å². The molecule has 10 heteroatoms.